The first-order valence-corrected chi connectivity index (χ1v) is 8.01. The largest absolute Gasteiger partial charge is 1.00 e. The Labute approximate surface area is 151 Å². The van der Waals surface area contributed by atoms with Gasteiger partial charge in [-0.25, -0.2) is 0 Å². The number of rotatable bonds is 14. The Kier molecular flexibility index (Phi) is 18.3. The molecule has 118 valence electrons. The number of aliphatic carboxylic acids is 1. The van der Waals surface area contributed by atoms with Crippen molar-refractivity contribution in [3.63, 3.8) is 0 Å². The fourth-order valence-corrected chi connectivity index (χ4v) is 2.32. The van der Waals surface area contributed by atoms with Gasteiger partial charge in [-0.05, 0) is 13.5 Å². The van der Waals surface area contributed by atoms with Gasteiger partial charge in [-0.1, -0.05) is 58.3 Å². The number of ketones is 1. The Morgan fingerprint density at radius 1 is 0.952 bits per heavy atom. The van der Waals surface area contributed by atoms with Crippen LogP contribution in [0.5, 0.6) is 0 Å². The maximum absolute atomic E-state index is 11.7. The molecule has 0 aliphatic heterocycles. The zero-order valence-corrected chi connectivity index (χ0v) is 16.1. The summed E-state index contributed by atoms with van der Waals surface area (Å²) in [4.78, 5) is 22.5. The van der Waals surface area contributed by atoms with Crippen LogP contribution in [0.2, 0.25) is 0 Å². The third kappa shape index (κ3) is 13.5. The quantitative estimate of drug-likeness (QED) is 0.256. The topological polar surface area (TPSA) is 69.2 Å². The van der Waals surface area contributed by atoms with Crippen LogP contribution in [-0.4, -0.2) is 25.3 Å². The van der Waals surface area contributed by atoms with Gasteiger partial charge < -0.3 is 15.2 Å². The van der Waals surface area contributed by atoms with E-state index in [0.29, 0.717) is 6.42 Å². The minimum Gasteiger partial charge on any atom is -0.549 e. The molecule has 0 aromatic rings. The van der Waals surface area contributed by atoms with Gasteiger partial charge in [-0.2, -0.15) is 0 Å². The monoisotopic (exact) mass is 307 g/mol. The van der Waals surface area contributed by atoms with E-state index < -0.39 is 11.9 Å². The first-order chi connectivity index (χ1) is 9.63. The van der Waals surface area contributed by atoms with Gasteiger partial charge in [0.15, 0.2) is 0 Å². The summed E-state index contributed by atoms with van der Waals surface area (Å²) in [5.41, 5.74) is 0. The van der Waals surface area contributed by atoms with Crippen LogP contribution in [-0.2, 0) is 9.59 Å². The van der Waals surface area contributed by atoms with Crippen molar-refractivity contribution >= 4 is 11.8 Å². The van der Waals surface area contributed by atoms with E-state index in [1.165, 1.54) is 38.5 Å². The second-order valence-electron chi connectivity index (χ2n) is 5.47. The number of carboxylic acid groups (broad SMARTS) is 1. The number of carbonyl (C=O) groups is 2. The first-order valence-electron chi connectivity index (χ1n) is 8.01. The van der Waals surface area contributed by atoms with Gasteiger partial charge in [0.1, 0.15) is 5.78 Å². The summed E-state index contributed by atoms with van der Waals surface area (Å²) < 4.78 is 0. The molecule has 0 aromatic carbocycles. The summed E-state index contributed by atoms with van der Waals surface area (Å²) >= 11 is 0. The predicted octanol–water partition coefficient (Wildman–Crippen LogP) is -0.934. The van der Waals surface area contributed by atoms with E-state index in [1.807, 2.05) is 0 Å². The van der Waals surface area contributed by atoms with E-state index in [2.05, 4.69) is 12.2 Å². The van der Waals surface area contributed by atoms with Crippen molar-refractivity contribution in [2.75, 3.05) is 13.6 Å². The van der Waals surface area contributed by atoms with Crippen molar-refractivity contribution < 1.29 is 44.3 Å². The number of carbonyl (C=O) groups excluding carboxylic acids is 2. The van der Waals surface area contributed by atoms with Gasteiger partial charge in [0.25, 0.3) is 0 Å². The molecule has 0 aliphatic carbocycles. The van der Waals surface area contributed by atoms with E-state index in [-0.39, 0.29) is 41.9 Å². The third-order valence-corrected chi connectivity index (χ3v) is 3.61. The van der Waals surface area contributed by atoms with Crippen LogP contribution >= 0.6 is 0 Å². The Hall–Kier alpha value is 0.100. The maximum atomic E-state index is 11.7. The van der Waals surface area contributed by atoms with E-state index in [1.54, 1.807) is 7.05 Å². The maximum Gasteiger partial charge on any atom is 1.00 e. The second-order valence-corrected chi connectivity index (χ2v) is 5.47. The number of Topliss-reactive ketones (excluding diaryl/α,β-unsaturated/α-hetero) is 1. The van der Waals surface area contributed by atoms with Crippen LogP contribution in [0.15, 0.2) is 0 Å². The number of hydrogen-bond acceptors (Lipinski definition) is 4. The van der Waals surface area contributed by atoms with E-state index in [9.17, 15) is 14.7 Å². The van der Waals surface area contributed by atoms with Crippen LogP contribution in [0.3, 0.4) is 0 Å². The number of carboxylic acids is 1. The third-order valence-electron chi connectivity index (χ3n) is 3.61. The summed E-state index contributed by atoms with van der Waals surface area (Å²) in [6, 6.07) is 0. The summed E-state index contributed by atoms with van der Waals surface area (Å²) in [5.74, 6) is -2.46. The van der Waals surface area contributed by atoms with E-state index in [0.717, 1.165) is 19.3 Å². The smallest absolute Gasteiger partial charge is 0.549 e. The van der Waals surface area contributed by atoms with Crippen molar-refractivity contribution in [3.05, 3.63) is 0 Å². The molecule has 0 aliphatic rings. The molecular weight excluding hydrogens is 277 g/mol. The standard InChI is InChI=1S/C16H31NO3.Na/c1-3-4-5-6-7-8-9-10-11-12-15(18)14(13-17-2)16(19)20;/h14,17H,3-13H2,1-2H3,(H,19,20);/q;+1/p-1. The van der Waals surface area contributed by atoms with Crippen molar-refractivity contribution in [1.29, 1.82) is 0 Å². The molecule has 0 rings (SSSR count). The fraction of sp³-hybridized carbons (Fsp3) is 0.875. The number of hydrogen-bond donors (Lipinski definition) is 1. The molecule has 0 saturated heterocycles. The minimum atomic E-state index is -1.26. The molecule has 21 heavy (non-hydrogen) atoms. The minimum absolute atomic E-state index is 0. The van der Waals surface area contributed by atoms with E-state index >= 15 is 0 Å². The van der Waals surface area contributed by atoms with Crippen molar-refractivity contribution in [1.82, 2.24) is 5.32 Å². The molecule has 4 nitrogen and oxygen atoms in total. The molecule has 0 fully saturated rings. The van der Waals surface area contributed by atoms with Crippen LogP contribution in [0.25, 0.3) is 0 Å². The van der Waals surface area contributed by atoms with Crippen LogP contribution in [0, 0.1) is 5.92 Å². The van der Waals surface area contributed by atoms with Gasteiger partial charge in [-0.3, -0.25) is 4.79 Å². The SMILES string of the molecule is CCCCCCCCCCCC(=O)C(CNC)C(=O)[O-].[Na+]. The van der Waals surface area contributed by atoms with Crippen molar-refractivity contribution in [2.24, 2.45) is 5.92 Å². The molecule has 0 heterocycles. The summed E-state index contributed by atoms with van der Waals surface area (Å²) in [7, 11) is 1.64. The average molecular weight is 307 g/mol. The normalized spacial score (nSPS) is 11.7. The predicted molar refractivity (Wildman–Crippen MR) is 79.3 cm³/mol. The number of nitrogens with one attached hydrogen (secondary N) is 1. The molecule has 0 radical (unpaired) electrons. The number of unbranched alkanes of at least 4 members (excludes halogenated alkanes) is 8. The molecular formula is C16H30NNaO3. The second kappa shape index (κ2) is 16.5. The zero-order valence-electron chi connectivity index (χ0n) is 14.1. The Bertz CT molecular complexity index is 272. The van der Waals surface area contributed by atoms with Gasteiger partial charge >= 0.3 is 29.6 Å². The van der Waals surface area contributed by atoms with E-state index in [4.69, 9.17) is 0 Å². The summed E-state index contributed by atoms with van der Waals surface area (Å²) in [6.07, 6.45) is 11.0. The van der Waals surface area contributed by atoms with Crippen LogP contribution in [0.4, 0.5) is 0 Å². The van der Waals surface area contributed by atoms with Gasteiger partial charge in [0, 0.05) is 13.0 Å². The van der Waals surface area contributed by atoms with Gasteiger partial charge in [-0.15, -0.1) is 0 Å². The molecule has 0 amide bonds. The molecule has 5 heteroatoms. The zero-order chi connectivity index (χ0) is 15.2. The molecule has 1 atom stereocenters. The Balaban J connectivity index is 0. The molecule has 1 N–H and O–H groups in total. The molecule has 0 spiro atoms. The van der Waals surface area contributed by atoms with Crippen molar-refractivity contribution in [2.45, 2.75) is 71.1 Å². The molecule has 0 bridgehead atoms. The fourth-order valence-electron chi connectivity index (χ4n) is 2.32. The Morgan fingerprint density at radius 3 is 1.86 bits per heavy atom. The van der Waals surface area contributed by atoms with Crippen molar-refractivity contribution in [3.8, 4) is 0 Å². The summed E-state index contributed by atoms with van der Waals surface area (Å²) in [5, 5.41) is 13.5. The average Bonchev–Trinajstić information content (AvgIpc) is 2.42. The summed E-state index contributed by atoms with van der Waals surface area (Å²) in [6.45, 7) is 2.38. The molecule has 0 saturated carbocycles. The van der Waals surface area contributed by atoms with Crippen LogP contribution < -0.4 is 40.0 Å². The van der Waals surface area contributed by atoms with Gasteiger partial charge in [0.05, 0.1) is 11.9 Å². The van der Waals surface area contributed by atoms with Gasteiger partial charge in [0.2, 0.25) is 0 Å². The molecule has 1 unspecified atom stereocenters. The first kappa shape index (κ1) is 23.4. The van der Waals surface area contributed by atoms with Crippen LogP contribution in [0.1, 0.15) is 71.1 Å². The Morgan fingerprint density at radius 2 is 1.43 bits per heavy atom. The molecule has 0 aromatic heterocycles.